The second-order valence-electron chi connectivity index (χ2n) is 6.46. The van der Waals surface area contributed by atoms with Crippen molar-refractivity contribution >= 4 is 15.7 Å². The van der Waals surface area contributed by atoms with Crippen LogP contribution in [-0.4, -0.2) is 74.2 Å². The third kappa shape index (κ3) is 4.67. The molecule has 2 saturated heterocycles. The lowest BCUT2D eigenvalue weighted by molar-refractivity contribution is -0.274. The molecule has 2 aliphatic heterocycles. The zero-order valence-corrected chi connectivity index (χ0v) is 14.7. The highest BCUT2D eigenvalue weighted by atomic mass is 32.2. The third-order valence-corrected chi connectivity index (χ3v) is 6.41. The lowest BCUT2D eigenvalue weighted by atomic mass is 10.1. The molecule has 0 saturated carbocycles. The highest BCUT2D eigenvalue weighted by Crippen LogP contribution is 2.24. The number of halogens is 3. The van der Waals surface area contributed by atoms with Gasteiger partial charge in [0.25, 0.3) is 5.91 Å². The Balaban J connectivity index is 1.55. The van der Waals surface area contributed by atoms with Gasteiger partial charge in [0, 0.05) is 37.8 Å². The predicted octanol–water partition coefficient (Wildman–Crippen LogP) is 1.53. The minimum absolute atomic E-state index is 0.0102. The van der Waals surface area contributed by atoms with E-state index in [1.165, 1.54) is 12.1 Å². The average Bonchev–Trinajstić information content (AvgIpc) is 2.94. The Morgan fingerprint density at radius 2 is 1.69 bits per heavy atom. The summed E-state index contributed by atoms with van der Waals surface area (Å²) in [5.74, 6) is -0.256. The molecule has 2 fully saturated rings. The number of amides is 1. The van der Waals surface area contributed by atoms with Crippen molar-refractivity contribution in [3.8, 4) is 5.75 Å². The van der Waals surface area contributed by atoms with Crippen LogP contribution in [0.1, 0.15) is 16.8 Å². The first kappa shape index (κ1) is 19.0. The van der Waals surface area contributed by atoms with Crippen molar-refractivity contribution < 1.29 is 31.1 Å². The van der Waals surface area contributed by atoms with Gasteiger partial charge in [0.05, 0.1) is 11.5 Å². The Bertz CT molecular complexity index is 757. The van der Waals surface area contributed by atoms with Crippen LogP contribution < -0.4 is 4.74 Å². The minimum Gasteiger partial charge on any atom is -0.406 e. The standard InChI is InChI=1S/C16H19F3N2O4S/c17-16(18,19)25-14-3-1-12(2-4-14)15(22)21-8-6-20(7-9-21)13-5-10-26(23,24)11-13/h1-4,13H,5-11H2. The fourth-order valence-electron chi connectivity index (χ4n) is 3.34. The summed E-state index contributed by atoms with van der Waals surface area (Å²) in [4.78, 5) is 16.2. The van der Waals surface area contributed by atoms with Crippen LogP contribution in [0.4, 0.5) is 13.2 Å². The number of alkyl halides is 3. The van der Waals surface area contributed by atoms with Crippen LogP contribution in [0.3, 0.4) is 0 Å². The molecule has 1 amide bonds. The summed E-state index contributed by atoms with van der Waals surface area (Å²) in [6.45, 7) is 2.08. The summed E-state index contributed by atoms with van der Waals surface area (Å²) in [7, 11) is -2.95. The van der Waals surface area contributed by atoms with E-state index in [1.807, 2.05) is 0 Å². The minimum atomic E-state index is -4.77. The smallest absolute Gasteiger partial charge is 0.406 e. The first-order chi connectivity index (χ1) is 12.1. The maximum atomic E-state index is 12.5. The third-order valence-electron chi connectivity index (χ3n) is 4.66. The van der Waals surface area contributed by atoms with E-state index in [1.54, 1.807) is 4.90 Å². The zero-order chi connectivity index (χ0) is 18.9. The first-order valence-corrected chi connectivity index (χ1v) is 10.0. The quantitative estimate of drug-likeness (QED) is 0.781. The molecule has 3 rings (SSSR count). The molecule has 0 spiro atoms. The molecule has 1 unspecified atom stereocenters. The van der Waals surface area contributed by atoms with E-state index in [0.29, 0.717) is 32.6 Å². The maximum absolute atomic E-state index is 12.5. The number of rotatable bonds is 3. The normalized spacial score (nSPS) is 23.8. The van der Waals surface area contributed by atoms with E-state index in [4.69, 9.17) is 0 Å². The second-order valence-corrected chi connectivity index (χ2v) is 8.69. The van der Waals surface area contributed by atoms with E-state index < -0.39 is 16.2 Å². The summed E-state index contributed by atoms with van der Waals surface area (Å²) >= 11 is 0. The molecule has 10 heteroatoms. The molecule has 0 N–H and O–H groups in total. The summed E-state index contributed by atoms with van der Waals surface area (Å²) in [6, 6.07) is 4.84. The van der Waals surface area contributed by atoms with Crippen LogP contribution in [0.15, 0.2) is 24.3 Å². The van der Waals surface area contributed by atoms with E-state index in [2.05, 4.69) is 9.64 Å². The molecule has 26 heavy (non-hydrogen) atoms. The van der Waals surface area contributed by atoms with Crippen molar-refractivity contribution in [2.75, 3.05) is 37.7 Å². The molecule has 2 heterocycles. The molecule has 1 aromatic carbocycles. The van der Waals surface area contributed by atoms with Crippen molar-refractivity contribution in [1.82, 2.24) is 9.80 Å². The van der Waals surface area contributed by atoms with Crippen LogP contribution in [0.5, 0.6) is 5.75 Å². The number of ether oxygens (including phenoxy) is 1. The van der Waals surface area contributed by atoms with Gasteiger partial charge in [0.1, 0.15) is 5.75 Å². The number of carbonyl (C=O) groups excluding carboxylic acids is 1. The van der Waals surface area contributed by atoms with Crippen LogP contribution in [-0.2, 0) is 9.84 Å². The van der Waals surface area contributed by atoms with Gasteiger partial charge in [-0.05, 0) is 30.7 Å². The van der Waals surface area contributed by atoms with Gasteiger partial charge < -0.3 is 9.64 Å². The lowest BCUT2D eigenvalue weighted by Gasteiger charge is -2.37. The van der Waals surface area contributed by atoms with Crippen LogP contribution >= 0.6 is 0 Å². The zero-order valence-electron chi connectivity index (χ0n) is 13.9. The van der Waals surface area contributed by atoms with Gasteiger partial charge in [-0.2, -0.15) is 0 Å². The van der Waals surface area contributed by atoms with Crippen LogP contribution in [0.2, 0.25) is 0 Å². The summed E-state index contributed by atoms with van der Waals surface area (Å²) in [6.07, 6.45) is -4.15. The first-order valence-electron chi connectivity index (χ1n) is 8.22. The largest absolute Gasteiger partial charge is 0.573 e. The number of piperazine rings is 1. The van der Waals surface area contributed by atoms with E-state index in [0.717, 1.165) is 12.1 Å². The molecule has 0 bridgehead atoms. The van der Waals surface area contributed by atoms with E-state index in [9.17, 15) is 26.4 Å². The number of benzene rings is 1. The van der Waals surface area contributed by atoms with Gasteiger partial charge in [-0.25, -0.2) is 8.42 Å². The molecule has 1 aromatic rings. The highest BCUT2D eigenvalue weighted by molar-refractivity contribution is 7.91. The molecule has 0 aromatic heterocycles. The fraction of sp³-hybridized carbons (Fsp3) is 0.562. The average molecular weight is 392 g/mol. The molecule has 1 atom stereocenters. The molecular weight excluding hydrogens is 373 g/mol. The predicted molar refractivity (Wildman–Crippen MR) is 87.7 cm³/mol. The van der Waals surface area contributed by atoms with E-state index >= 15 is 0 Å². The summed E-state index contributed by atoms with van der Waals surface area (Å²) in [5.41, 5.74) is 0.288. The number of sulfone groups is 1. The summed E-state index contributed by atoms with van der Waals surface area (Å²) in [5, 5.41) is 0. The van der Waals surface area contributed by atoms with Gasteiger partial charge >= 0.3 is 6.36 Å². The van der Waals surface area contributed by atoms with Crippen LogP contribution in [0.25, 0.3) is 0 Å². The lowest BCUT2D eigenvalue weighted by Crippen LogP contribution is -2.52. The molecule has 144 valence electrons. The number of carbonyl (C=O) groups is 1. The van der Waals surface area contributed by atoms with Crippen molar-refractivity contribution in [3.63, 3.8) is 0 Å². The SMILES string of the molecule is O=C(c1ccc(OC(F)(F)F)cc1)N1CCN(C2CCS(=O)(=O)C2)CC1. The Morgan fingerprint density at radius 1 is 1.08 bits per heavy atom. The number of nitrogens with zero attached hydrogens (tertiary/aromatic N) is 2. The van der Waals surface area contributed by atoms with Crippen LogP contribution in [0, 0.1) is 0 Å². The Labute approximate surface area is 149 Å². The van der Waals surface area contributed by atoms with Gasteiger partial charge in [-0.15, -0.1) is 13.2 Å². The van der Waals surface area contributed by atoms with Gasteiger partial charge in [-0.3, -0.25) is 9.69 Å². The molecule has 0 aliphatic carbocycles. The highest BCUT2D eigenvalue weighted by Gasteiger charge is 2.34. The molecule has 2 aliphatic rings. The van der Waals surface area contributed by atoms with Crippen molar-refractivity contribution in [3.05, 3.63) is 29.8 Å². The Hall–Kier alpha value is -1.81. The van der Waals surface area contributed by atoms with E-state index in [-0.39, 0.29) is 34.8 Å². The second kappa shape index (κ2) is 7.07. The summed E-state index contributed by atoms with van der Waals surface area (Å²) < 4.78 is 63.4. The fourth-order valence-corrected chi connectivity index (χ4v) is 5.10. The molecule has 0 radical (unpaired) electrons. The molecular formula is C16H19F3N2O4S. The van der Waals surface area contributed by atoms with Gasteiger partial charge in [-0.1, -0.05) is 0 Å². The Morgan fingerprint density at radius 3 is 2.19 bits per heavy atom. The number of hydrogen-bond acceptors (Lipinski definition) is 5. The van der Waals surface area contributed by atoms with Crippen molar-refractivity contribution in [2.24, 2.45) is 0 Å². The maximum Gasteiger partial charge on any atom is 0.573 e. The topological polar surface area (TPSA) is 66.9 Å². The van der Waals surface area contributed by atoms with Gasteiger partial charge in [0.2, 0.25) is 0 Å². The number of hydrogen-bond donors (Lipinski definition) is 0. The van der Waals surface area contributed by atoms with Gasteiger partial charge in [0.15, 0.2) is 9.84 Å². The Kier molecular flexibility index (Phi) is 5.16. The van der Waals surface area contributed by atoms with Crippen molar-refractivity contribution in [2.45, 2.75) is 18.8 Å². The van der Waals surface area contributed by atoms with Crippen molar-refractivity contribution in [1.29, 1.82) is 0 Å². The monoisotopic (exact) mass is 392 g/mol. The molecule has 6 nitrogen and oxygen atoms in total.